The Morgan fingerprint density at radius 1 is 1.02 bits per heavy atom. The molecule has 2 aromatic rings. The average molecular weight is 693 g/mol. The van der Waals surface area contributed by atoms with E-state index < -0.39 is 78.3 Å². The first kappa shape index (κ1) is 32.7. The van der Waals surface area contributed by atoms with Gasteiger partial charge in [-0.2, -0.15) is 0 Å². The highest BCUT2D eigenvalue weighted by molar-refractivity contribution is 6.38. The SMILES string of the molecule is CN(C(=O)[C@H]1[C@H]2CC(F)(F)CN2[C@]2(C(=O)Nc3c(Cl)cc(Cl)cc32)[C@@H]1C(=O)OCOC(=O)C(C)(C)C)c1cc(Cl)cc(Cl)c1. The summed E-state index contributed by atoms with van der Waals surface area (Å²) in [5.74, 6) is -10.0. The number of carbonyl (C=O) groups excluding carboxylic acids is 4. The minimum Gasteiger partial charge on any atom is -0.428 e. The topological polar surface area (TPSA) is 105 Å². The first-order valence-corrected chi connectivity index (χ1v) is 14.9. The van der Waals surface area contributed by atoms with Crippen molar-refractivity contribution < 1.29 is 37.4 Å². The van der Waals surface area contributed by atoms with Crippen molar-refractivity contribution in [2.45, 2.75) is 44.7 Å². The van der Waals surface area contributed by atoms with Crippen molar-refractivity contribution in [1.82, 2.24) is 4.90 Å². The van der Waals surface area contributed by atoms with Crippen LogP contribution >= 0.6 is 46.4 Å². The summed E-state index contributed by atoms with van der Waals surface area (Å²) in [4.78, 5) is 57.1. The molecule has 2 saturated heterocycles. The molecule has 1 N–H and O–H groups in total. The molecule has 15 heteroatoms. The number of hydrogen-bond acceptors (Lipinski definition) is 7. The highest BCUT2D eigenvalue weighted by Gasteiger charge is 2.75. The third kappa shape index (κ3) is 5.40. The quantitative estimate of drug-likeness (QED) is 0.296. The second kappa shape index (κ2) is 11.3. The molecule has 0 aliphatic carbocycles. The third-order valence-corrected chi connectivity index (χ3v) is 9.10. The molecule has 0 unspecified atom stereocenters. The van der Waals surface area contributed by atoms with E-state index in [2.05, 4.69) is 5.32 Å². The minimum absolute atomic E-state index is 0.00641. The van der Waals surface area contributed by atoms with E-state index >= 15 is 8.78 Å². The van der Waals surface area contributed by atoms with E-state index in [9.17, 15) is 19.2 Å². The van der Waals surface area contributed by atoms with Crippen LogP contribution in [0.3, 0.4) is 0 Å². The van der Waals surface area contributed by atoms with Crippen molar-refractivity contribution in [3.05, 3.63) is 56.0 Å². The van der Waals surface area contributed by atoms with E-state index in [1.807, 2.05) is 0 Å². The van der Waals surface area contributed by atoms with Crippen molar-refractivity contribution in [2.75, 3.05) is 30.6 Å². The molecule has 3 aliphatic heterocycles. The molecule has 2 fully saturated rings. The average Bonchev–Trinajstić information content (AvgIpc) is 3.47. The maximum absolute atomic E-state index is 15.2. The Morgan fingerprint density at radius 3 is 2.25 bits per heavy atom. The standard InChI is InChI=1S/C29H27Cl4F2N3O6/c1-27(2,3)26(42)44-12-43-24(40)21-20(23(39)37(4)16-6-13(30)5-14(31)7-16)19-10-28(34,35)11-38(19)29(21)17-8-15(32)9-18(33)22(17)36-25(29)41/h5-9,19-21H,10-12H2,1-4H3,(H,36,41)/t19-,20+,21+,29+/m1/s1. The Bertz CT molecular complexity index is 1560. The number of rotatable bonds is 5. The van der Waals surface area contributed by atoms with Crippen LogP contribution < -0.4 is 10.2 Å². The Hall–Kier alpha value is -2.70. The van der Waals surface area contributed by atoms with Gasteiger partial charge in [-0.25, -0.2) is 8.78 Å². The van der Waals surface area contributed by atoms with Gasteiger partial charge in [0.05, 0.1) is 28.6 Å². The van der Waals surface area contributed by atoms with Crippen LogP contribution in [0.2, 0.25) is 20.1 Å². The van der Waals surface area contributed by atoms with Crippen LogP contribution in [0.5, 0.6) is 0 Å². The normalized spacial score (nSPS) is 25.4. The summed E-state index contributed by atoms with van der Waals surface area (Å²) in [6, 6.07) is 5.72. The highest BCUT2D eigenvalue weighted by atomic mass is 35.5. The molecule has 0 radical (unpaired) electrons. The van der Waals surface area contributed by atoms with Gasteiger partial charge < -0.3 is 19.7 Å². The van der Waals surface area contributed by atoms with Crippen LogP contribution in [0.1, 0.15) is 32.8 Å². The second-order valence-corrected chi connectivity index (χ2v) is 13.8. The Morgan fingerprint density at radius 2 is 1.64 bits per heavy atom. The van der Waals surface area contributed by atoms with E-state index in [1.165, 1.54) is 37.4 Å². The molecule has 2 aromatic carbocycles. The number of anilines is 2. The molecule has 4 atom stereocenters. The summed E-state index contributed by atoms with van der Waals surface area (Å²) in [7, 11) is 1.37. The molecule has 0 aromatic heterocycles. The molecule has 44 heavy (non-hydrogen) atoms. The number of nitrogens with one attached hydrogen (secondary N) is 1. The molecular weight excluding hydrogens is 666 g/mol. The summed E-state index contributed by atoms with van der Waals surface area (Å²) in [6.07, 6.45) is -0.838. The maximum Gasteiger partial charge on any atom is 0.315 e. The first-order valence-electron chi connectivity index (χ1n) is 13.4. The lowest BCUT2D eigenvalue weighted by molar-refractivity contribution is -0.179. The molecule has 5 rings (SSSR count). The highest BCUT2D eigenvalue weighted by Crippen LogP contribution is 2.61. The van der Waals surface area contributed by atoms with Crippen molar-refractivity contribution >= 4 is 81.5 Å². The van der Waals surface area contributed by atoms with E-state index in [-0.39, 0.29) is 37.0 Å². The Kier molecular flexibility index (Phi) is 8.38. The lowest BCUT2D eigenvalue weighted by Gasteiger charge is -2.36. The van der Waals surface area contributed by atoms with Gasteiger partial charge in [-0.3, -0.25) is 24.1 Å². The number of benzene rings is 2. The number of ether oxygens (including phenoxy) is 2. The zero-order chi connectivity index (χ0) is 32.5. The van der Waals surface area contributed by atoms with Crippen molar-refractivity contribution in [3.8, 4) is 0 Å². The van der Waals surface area contributed by atoms with Crippen molar-refractivity contribution in [1.29, 1.82) is 0 Å². The van der Waals surface area contributed by atoms with Crippen LogP contribution in [0.25, 0.3) is 0 Å². The lowest BCUT2D eigenvalue weighted by Crippen LogP contribution is -2.54. The number of carbonyl (C=O) groups is 4. The monoisotopic (exact) mass is 691 g/mol. The van der Waals surface area contributed by atoms with E-state index in [0.29, 0.717) is 0 Å². The number of esters is 2. The third-order valence-electron chi connectivity index (χ3n) is 8.14. The number of fused-ring (bicyclic) bond motifs is 4. The fourth-order valence-corrected chi connectivity index (χ4v) is 7.35. The summed E-state index contributed by atoms with van der Waals surface area (Å²) in [5, 5.41) is 3.09. The second-order valence-electron chi connectivity index (χ2n) is 12.1. The summed E-state index contributed by atoms with van der Waals surface area (Å²) >= 11 is 25.0. The number of hydrogen-bond donors (Lipinski definition) is 1. The van der Waals surface area contributed by atoms with Crippen LogP contribution in [0, 0.1) is 17.3 Å². The van der Waals surface area contributed by atoms with Gasteiger partial charge in [0.15, 0.2) is 0 Å². The van der Waals surface area contributed by atoms with Crippen molar-refractivity contribution in [3.63, 3.8) is 0 Å². The number of nitrogens with zero attached hydrogens (tertiary/aromatic N) is 2. The zero-order valence-corrected chi connectivity index (χ0v) is 26.9. The largest absolute Gasteiger partial charge is 0.428 e. The summed E-state index contributed by atoms with van der Waals surface area (Å²) in [5.41, 5.74) is -2.77. The molecule has 3 heterocycles. The van der Waals surface area contributed by atoms with Gasteiger partial charge in [0, 0.05) is 45.8 Å². The first-order chi connectivity index (χ1) is 20.4. The van der Waals surface area contributed by atoms with Crippen molar-refractivity contribution in [2.24, 2.45) is 17.3 Å². The van der Waals surface area contributed by atoms with E-state index in [1.54, 1.807) is 20.8 Å². The van der Waals surface area contributed by atoms with Gasteiger partial charge in [-0.05, 0) is 51.1 Å². The summed E-state index contributed by atoms with van der Waals surface area (Å²) in [6.45, 7) is 2.99. The molecule has 3 aliphatic rings. The molecule has 236 valence electrons. The minimum atomic E-state index is -3.32. The molecule has 0 bridgehead atoms. The van der Waals surface area contributed by atoms with Crippen LogP contribution in [-0.4, -0.2) is 61.0 Å². The summed E-state index contributed by atoms with van der Waals surface area (Å²) < 4.78 is 40.9. The van der Waals surface area contributed by atoms with Gasteiger partial charge in [-0.15, -0.1) is 0 Å². The van der Waals surface area contributed by atoms with Gasteiger partial charge in [0.25, 0.3) is 11.8 Å². The fraction of sp³-hybridized carbons (Fsp3) is 0.448. The Labute approximate surface area is 271 Å². The zero-order valence-electron chi connectivity index (χ0n) is 23.9. The van der Waals surface area contributed by atoms with Crippen LogP contribution in [0.15, 0.2) is 30.3 Å². The molecule has 1 spiro atoms. The van der Waals surface area contributed by atoms with Gasteiger partial charge in [0.2, 0.25) is 12.7 Å². The van der Waals surface area contributed by atoms with Gasteiger partial charge >= 0.3 is 11.9 Å². The molecule has 9 nitrogen and oxygen atoms in total. The molecule has 2 amide bonds. The van der Waals surface area contributed by atoms with Gasteiger partial charge in [0.1, 0.15) is 11.5 Å². The Balaban J connectivity index is 1.66. The van der Waals surface area contributed by atoms with E-state index in [4.69, 9.17) is 55.9 Å². The van der Waals surface area contributed by atoms with Crippen LogP contribution in [0.4, 0.5) is 20.2 Å². The fourth-order valence-electron chi connectivity index (χ4n) is 6.30. The van der Waals surface area contributed by atoms with E-state index in [0.717, 1.165) is 9.80 Å². The predicted octanol–water partition coefficient (Wildman–Crippen LogP) is 6.16. The number of amides is 2. The lowest BCUT2D eigenvalue weighted by atomic mass is 9.73. The number of alkyl halides is 2. The van der Waals surface area contributed by atoms with Gasteiger partial charge in [-0.1, -0.05) is 46.4 Å². The maximum atomic E-state index is 15.2. The molecular formula is C29H27Cl4F2N3O6. The number of halogens is 6. The smallest absolute Gasteiger partial charge is 0.315 e. The van der Waals surface area contributed by atoms with Crippen LogP contribution in [-0.2, 0) is 34.2 Å². The predicted molar refractivity (Wildman–Crippen MR) is 160 cm³/mol. The molecule has 0 saturated carbocycles.